The zero-order valence-corrected chi connectivity index (χ0v) is 35.1. The minimum atomic E-state index is 0.176. The first-order chi connectivity index (χ1) is 27.0. The fourth-order valence-electron chi connectivity index (χ4n) is 15.9. The molecule has 2 saturated carbocycles. The van der Waals surface area contributed by atoms with Crippen LogP contribution in [0.2, 0.25) is 11.6 Å². The Morgan fingerprint density at radius 1 is 0.855 bits per heavy atom. The average Bonchev–Trinajstić information content (AvgIpc) is 3.73. The number of hydrogen-bond donors (Lipinski definition) is 0. The maximum absolute atomic E-state index is 3.23. The summed E-state index contributed by atoms with van der Waals surface area (Å²) in [5.41, 5.74) is 5.48. The molecule has 4 saturated heterocycles. The highest BCUT2D eigenvalue weighted by Gasteiger charge is 2.73. The van der Waals surface area contributed by atoms with Crippen molar-refractivity contribution in [2.45, 2.75) is 188 Å². The third-order valence-corrected chi connectivity index (χ3v) is 19.6. The van der Waals surface area contributed by atoms with Gasteiger partial charge in [-0.2, -0.15) is 0 Å². The highest BCUT2D eigenvalue weighted by atomic mass is 32.2. The highest BCUT2D eigenvalue weighted by molar-refractivity contribution is 8.02. The lowest BCUT2D eigenvalue weighted by molar-refractivity contribution is 0.00382. The van der Waals surface area contributed by atoms with E-state index in [1.165, 1.54) is 108 Å². The fraction of sp³-hybridized carbons (Fsp3) is 0.680. The summed E-state index contributed by atoms with van der Waals surface area (Å²) in [7, 11) is 0. The molecule has 0 aromatic heterocycles. The summed E-state index contributed by atoms with van der Waals surface area (Å²) in [6.45, 7) is 8.68. The van der Waals surface area contributed by atoms with Gasteiger partial charge < -0.3 is 9.80 Å². The normalized spacial score (nSPS) is 42.5. The molecule has 11 aliphatic rings. The average molecular weight is 754 g/mol. The van der Waals surface area contributed by atoms with E-state index < -0.39 is 0 Å². The van der Waals surface area contributed by atoms with Gasteiger partial charge in [0.1, 0.15) is 0 Å². The van der Waals surface area contributed by atoms with Crippen LogP contribution in [0.1, 0.15) is 130 Å². The molecular weight excluding hydrogens is 685 g/mol. The van der Waals surface area contributed by atoms with Gasteiger partial charge in [-0.1, -0.05) is 111 Å². The number of hydrogen-bond acceptors (Lipinski definition) is 4. The van der Waals surface area contributed by atoms with Crippen LogP contribution in [0, 0.1) is 23.2 Å². The molecule has 3 nitrogen and oxygen atoms in total. The maximum atomic E-state index is 3.23. The zero-order chi connectivity index (χ0) is 36.9. The molecule has 11 atom stereocenters. The van der Waals surface area contributed by atoms with Crippen LogP contribution >= 0.6 is 11.8 Å². The van der Waals surface area contributed by atoms with Crippen LogP contribution in [-0.2, 0) is 0 Å². The molecule has 5 heteroatoms. The predicted octanol–water partition coefficient (Wildman–Crippen LogP) is 11.8. The molecule has 55 heavy (non-hydrogen) atoms. The van der Waals surface area contributed by atoms with Crippen LogP contribution in [0.3, 0.4) is 0 Å². The van der Waals surface area contributed by atoms with E-state index in [1.807, 2.05) is 0 Å². The smallest absolute Gasteiger partial charge is 0.179 e. The van der Waals surface area contributed by atoms with E-state index in [-0.39, 0.29) is 5.54 Å². The van der Waals surface area contributed by atoms with Crippen molar-refractivity contribution in [3.8, 4) is 0 Å². The Labute approximate surface area is 338 Å². The van der Waals surface area contributed by atoms with Gasteiger partial charge in [-0.05, 0) is 138 Å². The largest absolute Gasteiger partial charge is 0.366 e. The second kappa shape index (κ2) is 14.0. The molecule has 1 spiro atoms. The summed E-state index contributed by atoms with van der Waals surface area (Å²) < 4.78 is 0. The lowest BCUT2D eigenvalue weighted by Crippen LogP contribution is -2.70. The van der Waals surface area contributed by atoms with E-state index in [0.29, 0.717) is 64.5 Å². The fourth-order valence-corrected chi connectivity index (χ4v) is 17.9. The second-order valence-electron chi connectivity index (χ2n) is 20.6. The van der Waals surface area contributed by atoms with Crippen molar-refractivity contribution in [3.63, 3.8) is 0 Å². The molecule has 4 heterocycles. The van der Waals surface area contributed by atoms with Crippen LogP contribution in [0.25, 0.3) is 0 Å². The van der Waals surface area contributed by atoms with Gasteiger partial charge in [-0.3, -0.25) is 4.90 Å². The van der Waals surface area contributed by atoms with Crippen LogP contribution in [0.15, 0.2) is 96.0 Å². The first kappa shape index (κ1) is 36.0. The van der Waals surface area contributed by atoms with Crippen LogP contribution in [-0.4, -0.2) is 67.7 Å². The Balaban J connectivity index is 1.07. The number of fused-ring (bicyclic) bond motifs is 5. The minimum absolute atomic E-state index is 0.176. The standard InChI is InChI=1S/C50H68BN3S/c1-34-31-41-46-42(32-34)54-47-40(28-27-39(35-19-9-4-10-20-35)45(47)50(49(54,2)3)29-17-8-18-30-50)51(46)48-43(53(41)38-25-15-7-16-26-38)33-44(55-48)52(36-21-11-5-12-22-36)37-23-13-6-14-24-37/h5-6,11-13,15,21,23,25,27-28,31-32,35-36,38-41,43-48H,4,7-10,14,16-20,22,24,26,29-30,33H2,1-3H3. The molecule has 6 fully saturated rings. The topological polar surface area (TPSA) is 9.72 Å². The van der Waals surface area contributed by atoms with Crippen molar-refractivity contribution in [3.05, 3.63) is 96.0 Å². The Bertz CT molecular complexity index is 1750. The van der Waals surface area contributed by atoms with Crippen LogP contribution in [0.4, 0.5) is 0 Å². The van der Waals surface area contributed by atoms with Gasteiger partial charge in [-0.25, -0.2) is 0 Å². The van der Waals surface area contributed by atoms with Crippen LogP contribution < -0.4 is 0 Å². The summed E-state index contributed by atoms with van der Waals surface area (Å²) in [5, 5.41) is 1.17. The van der Waals surface area contributed by atoms with Gasteiger partial charge >= 0.3 is 0 Å². The van der Waals surface area contributed by atoms with Gasteiger partial charge in [0.2, 0.25) is 0 Å². The Morgan fingerprint density at radius 2 is 1.71 bits per heavy atom. The van der Waals surface area contributed by atoms with Gasteiger partial charge in [-0.15, -0.1) is 11.8 Å². The predicted molar refractivity (Wildman–Crippen MR) is 234 cm³/mol. The molecule has 11 unspecified atom stereocenters. The Kier molecular flexibility index (Phi) is 9.18. The van der Waals surface area contributed by atoms with Crippen molar-refractivity contribution in [1.82, 2.24) is 14.7 Å². The van der Waals surface area contributed by atoms with E-state index in [2.05, 4.69) is 126 Å². The molecule has 0 aromatic carbocycles. The van der Waals surface area contributed by atoms with Gasteiger partial charge in [0.15, 0.2) is 6.71 Å². The number of nitrogens with zero attached hydrogens (tertiary/aromatic N) is 3. The summed E-state index contributed by atoms with van der Waals surface area (Å²) in [6.07, 6.45) is 56.6. The van der Waals surface area contributed by atoms with E-state index in [9.17, 15) is 0 Å². The van der Waals surface area contributed by atoms with Gasteiger partial charge in [0, 0.05) is 46.2 Å². The third-order valence-electron chi connectivity index (χ3n) is 17.9. The van der Waals surface area contributed by atoms with E-state index in [0.717, 1.165) is 24.2 Å². The van der Waals surface area contributed by atoms with Crippen molar-refractivity contribution in [2.24, 2.45) is 23.2 Å². The lowest BCUT2D eigenvalue weighted by Gasteiger charge is -2.63. The molecule has 11 rings (SSSR count). The highest BCUT2D eigenvalue weighted by Crippen LogP contribution is 2.72. The number of thioether (sulfide) groups is 1. The molecule has 0 bridgehead atoms. The third kappa shape index (κ3) is 5.45. The van der Waals surface area contributed by atoms with Crippen molar-refractivity contribution in [1.29, 1.82) is 0 Å². The maximum Gasteiger partial charge on any atom is 0.179 e. The first-order valence-corrected chi connectivity index (χ1v) is 24.4. The quantitative estimate of drug-likeness (QED) is 0.204. The van der Waals surface area contributed by atoms with E-state index in [1.54, 1.807) is 11.4 Å². The Hall–Kier alpha value is -2.11. The first-order valence-electron chi connectivity index (χ1n) is 23.4. The Morgan fingerprint density at radius 3 is 2.47 bits per heavy atom. The molecule has 292 valence electrons. The van der Waals surface area contributed by atoms with Crippen molar-refractivity contribution >= 4 is 18.5 Å². The summed E-state index contributed by atoms with van der Waals surface area (Å²) >= 11 is 2.45. The van der Waals surface area contributed by atoms with E-state index >= 15 is 0 Å². The summed E-state index contributed by atoms with van der Waals surface area (Å²) in [4.78, 5) is 9.35. The van der Waals surface area contributed by atoms with Gasteiger partial charge in [0.25, 0.3) is 0 Å². The second-order valence-corrected chi connectivity index (χ2v) is 21.9. The minimum Gasteiger partial charge on any atom is -0.366 e. The molecule has 0 amide bonds. The van der Waals surface area contributed by atoms with Gasteiger partial charge in [0.05, 0.1) is 11.4 Å². The SMILES string of the molecule is CC1=CC2C3B(C4C=CC(C5CCCCC5)C5C4N(C3=C1)C(C)(C)C51CCCCC1)C1SC(N(C3=CC=CCC3)C3C=CC=CC3)CC1N2C1C=CCCC1. The van der Waals surface area contributed by atoms with E-state index in [4.69, 9.17) is 0 Å². The molecule has 7 aliphatic carbocycles. The molecular formula is C50H68BN3S. The molecule has 0 radical (unpaired) electrons. The number of allylic oxidation sites excluding steroid dienone is 10. The molecule has 0 aromatic rings. The van der Waals surface area contributed by atoms with Crippen LogP contribution in [0.5, 0.6) is 0 Å². The summed E-state index contributed by atoms with van der Waals surface area (Å²) in [6, 6.07) is 2.76. The molecule has 4 aliphatic heterocycles. The zero-order valence-electron chi connectivity index (χ0n) is 34.3. The van der Waals surface area contributed by atoms with Crippen molar-refractivity contribution in [2.75, 3.05) is 0 Å². The monoisotopic (exact) mass is 754 g/mol. The number of rotatable bonds is 5. The lowest BCUT2D eigenvalue weighted by atomic mass is 9.24. The van der Waals surface area contributed by atoms with Crippen molar-refractivity contribution < 1.29 is 0 Å². The molecule has 0 N–H and O–H groups in total. The summed E-state index contributed by atoms with van der Waals surface area (Å²) in [5.74, 6) is 3.66.